The zero-order valence-electron chi connectivity index (χ0n) is 9.23. The van der Waals surface area contributed by atoms with Gasteiger partial charge in [-0.05, 0) is 13.3 Å². The molecule has 1 N–H and O–H groups in total. The van der Waals surface area contributed by atoms with E-state index in [4.69, 9.17) is 9.84 Å². The van der Waals surface area contributed by atoms with Crippen molar-refractivity contribution in [3.05, 3.63) is 17.5 Å². The molecular formula is C10H16N2O3. The van der Waals surface area contributed by atoms with Crippen molar-refractivity contribution in [2.75, 3.05) is 0 Å². The van der Waals surface area contributed by atoms with Crippen molar-refractivity contribution in [1.82, 2.24) is 9.78 Å². The lowest BCUT2D eigenvalue weighted by Crippen LogP contribution is -2.11. The number of aromatic nitrogens is 2. The van der Waals surface area contributed by atoms with E-state index < -0.39 is 5.97 Å². The van der Waals surface area contributed by atoms with Crippen molar-refractivity contribution in [3.63, 3.8) is 0 Å². The summed E-state index contributed by atoms with van der Waals surface area (Å²) in [7, 11) is 1.71. The molecule has 1 heterocycles. The van der Waals surface area contributed by atoms with E-state index in [2.05, 4.69) is 5.10 Å². The van der Waals surface area contributed by atoms with E-state index in [0.29, 0.717) is 5.69 Å². The van der Waals surface area contributed by atoms with Gasteiger partial charge in [-0.3, -0.25) is 4.68 Å². The second-order valence-electron chi connectivity index (χ2n) is 3.46. The number of aromatic carboxylic acids is 1. The number of aryl methyl sites for hydroxylation is 1. The molecule has 0 aliphatic rings. The van der Waals surface area contributed by atoms with Gasteiger partial charge in [0.05, 0.1) is 24.6 Å². The minimum Gasteiger partial charge on any atom is -0.478 e. The van der Waals surface area contributed by atoms with Gasteiger partial charge in [-0.2, -0.15) is 5.10 Å². The zero-order valence-corrected chi connectivity index (χ0v) is 9.23. The summed E-state index contributed by atoms with van der Waals surface area (Å²) in [4.78, 5) is 10.8. The second-order valence-corrected chi connectivity index (χ2v) is 3.46. The van der Waals surface area contributed by atoms with E-state index in [9.17, 15) is 4.79 Å². The third-order valence-electron chi connectivity index (χ3n) is 2.37. The third-order valence-corrected chi connectivity index (χ3v) is 2.37. The molecular weight excluding hydrogens is 196 g/mol. The molecule has 1 rings (SSSR count). The molecule has 0 aromatic carbocycles. The molecule has 0 radical (unpaired) electrons. The van der Waals surface area contributed by atoms with Crippen LogP contribution in [-0.2, 0) is 18.4 Å². The molecule has 1 aromatic rings. The SMILES string of the molecule is CC[C@@H](C)OCc1c(C(=O)O)cnn1C. The molecule has 0 bridgehead atoms. The Hall–Kier alpha value is -1.36. The van der Waals surface area contributed by atoms with Gasteiger partial charge in [0.15, 0.2) is 0 Å². The van der Waals surface area contributed by atoms with E-state index in [0.717, 1.165) is 6.42 Å². The maximum absolute atomic E-state index is 10.8. The molecule has 0 amide bonds. The predicted octanol–water partition coefficient (Wildman–Crippen LogP) is 1.43. The molecule has 1 atom stereocenters. The van der Waals surface area contributed by atoms with E-state index in [1.54, 1.807) is 7.05 Å². The van der Waals surface area contributed by atoms with Crippen molar-refractivity contribution < 1.29 is 14.6 Å². The lowest BCUT2D eigenvalue weighted by Gasteiger charge is -2.11. The summed E-state index contributed by atoms with van der Waals surface area (Å²) in [6, 6.07) is 0. The van der Waals surface area contributed by atoms with Crippen molar-refractivity contribution in [3.8, 4) is 0 Å². The molecule has 5 nitrogen and oxygen atoms in total. The third kappa shape index (κ3) is 2.79. The molecule has 84 valence electrons. The second kappa shape index (κ2) is 4.93. The van der Waals surface area contributed by atoms with E-state index >= 15 is 0 Å². The quantitative estimate of drug-likeness (QED) is 0.802. The summed E-state index contributed by atoms with van der Waals surface area (Å²) in [6.07, 6.45) is 2.37. The van der Waals surface area contributed by atoms with Crippen LogP contribution in [0.25, 0.3) is 0 Å². The Balaban J connectivity index is 2.75. The molecule has 0 unspecified atom stereocenters. The summed E-state index contributed by atoms with van der Waals surface area (Å²) >= 11 is 0. The molecule has 0 saturated heterocycles. The van der Waals surface area contributed by atoms with Gasteiger partial charge in [-0.25, -0.2) is 4.79 Å². The van der Waals surface area contributed by atoms with Crippen LogP contribution in [0.5, 0.6) is 0 Å². The number of hydrogen-bond donors (Lipinski definition) is 1. The number of carboxylic acids is 1. The Bertz CT molecular complexity index is 346. The number of ether oxygens (including phenoxy) is 1. The van der Waals surface area contributed by atoms with Crippen LogP contribution >= 0.6 is 0 Å². The van der Waals surface area contributed by atoms with Crippen LogP contribution in [0.4, 0.5) is 0 Å². The Kier molecular flexibility index (Phi) is 3.85. The number of rotatable bonds is 5. The van der Waals surface area contributed by atoms with Gasteiger partial charge in [-0.1, -0.05) is 6.92 Å². The van der Waals surface area contributed by atoms with Crippen LogP contribution in [0, 0.1) is 0 Å². The van der Waals surface area contributed by atoms with E-state index in [1.807, 2.05) is 13.8 Å². The smallest absolute Gasteiger partial charge is 0.339 e. The summed E-state index contributed by atoms with van der Waals surface area (Å²) in [6.45, 7) is 4.26. The lowest BCUT2D eigenvalue weighted by molar-refractivity contribution is 0.0453. The average molecular weight is 212 g/mol. The number of carbonyl (C=O) groups is 1. The molecule has 0 saturated carbocycles. The topological polar surface area (TPSA) is 64.3 Å². The van der Waals surface area contributed by atoms with Crippen molar-refractivity contribution in [1.29, 1.82) is 0 Å². The first-order valence-electron chi connectivity index (χ1n) is 4.92. The highest BCUT2D eigenvalue weighted by Crippen LogP contribution is 2.10. The largest absolute Gasteiger partial charge is 0.478 e. The molecule has 0 aliphatic carbocycles. The normalized spacial score (nSPS) is 12.7. The molecule has 15 heavy (non-hydrogen) atoms. The minimum atomic E-state index is -0.967. The van der Waals surface area contributed by atoms with Crippen LogP contribution in [0.3, 0.4) is 0 Å². The predicted molar refractivity (Wildman–Crippen MR) is 54.7 cm³/mol. The Morgan fingerprint density at radius 1 is 1.73 bits per heavy atom. The fraction of sp³-hybridized carbons (Fsp3) is 0.600. The zero-order chi connectivity index (χ0) is 11.4. The van der Waals surface area contributed by atoms with Crippen LogP contribution in [-0.4, -0.2) is 27.0 Å². The van der Waals surface area contributed by atoms with Gasteiger partial charge in [0.25, 0.3) is 0 Å². The van der Waals surface area contributed by atoms with Crippen LogP contribution in [0.1, 0.15) is 36.3 Å². The van der Waals surface area contributed by atoms with Crippen LogP contribution in [0.15, 0.2) is 6.20 Å². The van der Waals surface area contributed by atoms with Crippen molar-refractivity contribution in [2.45, 2.75) is 33.0 Å². The van der Waals surface area contributed by atoms with Gasteiger partial charge in [-0.15, -0.1) is 0 Å². The molecule has 0 spiro atoms. The van der Waals surface area contributed by atoms with E-state index in [-0.39, 0.29) is 18.3 Å². The summed E-state index contributed by atoms with van der Waals surface area (Å²) in [5, 5.41) is 12.8. The first-order valence-corrected chi connectivity index (χ1v) is 4.92. The van der Waals surface area contributed by atoms with Crippen molar-refractivity contribution in [2.24, 2.45) is 7.05 Å². The number of nitrogens with zero attached hydrogens (tertiary/aromatic N) is 2. The molecule has 1 aromatic heterocycles. The Labute approximate surface area is 88.7 Å². The summed E-state index contributed by atoms with van der Waals surface area (Å²) in [5.41, 5.74) is 0.809. The number of carboxylic acid groups (broad SMARTS) is 1. The fourth-order valence-corrected chi connectivity index (χ4v) is 1.15. The highest BCUT2D eigenvalue weighted by atomic mass is 16.5. The Morgan fingerprint density at radius 2 is 2.40 bits per heavy atom. The van der Waals surface area contributed by atoms with Crippen molar-refractivity contribution >= 4 is 5.97 Å². The Morgan fingerprint density at radius 3 is 2.93 bits per heavy atom. The molecule has 0 aliphatic heterocycles. The summed E-state index contributed by atoms with van der Waals surface area (Å²) in [5.74, 6) is -0.967. The van der Waals surface area contributed by atoms with E-state index in [1.165, 1.54) is 10.9 Å². The van der Waals surface area contributed by atoms with Crippen LogP contribution < -0.4 is 0 Å². The highest BCUT2D eigenvalue weighted by molar-refractivity contribution is 5.88. The fourth-order valence-electron chi connectivity index (χ4n) is 1.15. The number of hydrogen-bond acceptors (Lipinski definition) is 3. The maximum Gasteiger partial charge on any atom is 0.339 e. The standard InChI is InChI=1S/C10H16N2O3/c1-4-7(2)15-6-9-8(10(13)14)5-11-12(9)3/h5,7H,4,6H2,1-3H3,(H,13,14)/t7-/m1/s1. The van der Waals surface area contributed by atoms with Gasteiger partial charge in [0, 0.05) is 7.05 Å². The monoisotopic (exact) mass is 212 g/mol. The average Bonchev–Trinajstić information content (AvgIpc) is 2.56. The molecule has 0 fully saturated rings. The van der Waals surface area contributed by atoms with Gasteiger partial charge >= 0.3 is 5.97 Å². The van der Waals surface area contributed by atoms with Crippen LogP contribution in [0.2, 0.25) is 0 Å². The maximum atomic E-state index is 10.8. The van der Waals surface area contributed by atoms with Gasteiger partial charge in [0.2, 0.25) is 0 Å². The minimum absolute atomic E-state index is 0.126. The summed E-state index contributed by atoms with van der Waals surface area (Å²) < 4.78 is 7.02. The van der Waals surface area contributed by atoms with Gasteiger partial charge < -0.3 is 9.84 Å². The first kappa shape index (κ1) is 11.7. The lowest BCUT2D eigenvalue weighted by atomic mass is 10.2. The highest BCUT2D eigenvalue weighted by Gasteiger charge is 2.15. The first-order chi connectivity index (χ1) is 7.06. The van der Waals surface area contributed by atoms with Gasteiger partial charge in [0.1, 0.15) is 5.56 Å². The molecule has 5 heteroatoms.